The van der Waals surface area contributed by atoms with E-state index in [0.717, 1.165) is 5.69 Å². The normalized spacial score (nSPS) is 21.8. The van der Waals surface area contributed by atoms with Crippen molar-refractivity contribution < 1.29 is 0 Å². The van der Waals surface area contributed by atoms with Crippen LogP contribution < -0.4 is 11.1 Å². The molecule has 1 aliphatic carbocycles. The Kier molecular flexibility index (Phi) is 2.39. The fourth-order valence-electron chi connectivity index (χ4n) is 2.36. The van der Waals surface area contributed by atoms with Gasteiger partial charge in [-0.15, -0.1) is 0 Å². The van der Waals surface area contributed by atoms with E-state index in [-0.39, 0.29) is 0 Å². The van der Waals surface area contributed by atoms with Crippen LogP contribution in [0.1, 0.15) is 27.7 Å². The molecule has 1 aromatic rings. The minimum absolute atomic E-state index is 0.303. The Bertz CT molecular complexity index is 410. The molecule has 0 saturated heterocycles. The summed E-state index contributed by atoms with van der Waals surface area (Å²) in [6.45, 7) is 9.09. The van der Waals surface area contributed by atoms with Gasteiger partial charge in [-0.25, -0.2) is 0 Å². The summed E-state index contributed by atoms with van der Waals surface area (Å²) in [7, 11) is 0. The van der Waals surface area contributed by atoms with Gasteiger partial charge in [-0.05, 0) is 29.0 Å². The molecule has 2 rings (SSSR count). The zero-order chi connectivity index (χ0) is 12.1. The standard InChI is InChI=1S/C13H19ClN2/c1-12(2)11(13(12,3)4)16-10-6-5-8(15)7-9(10)14/h5-7,11,16H,15H2,1-4H3. The number of nitrogens with two attached hydrogens (primary N) is 1. The average molecular weight is 239 g/mol. The number of benzene rings is 1. The Balaban J connectivity index is 2.18. The predicted octanol–water partition coefficient (Wildman–Crippen LogP) is 3.77. The monoisotopic (exact) mass is 238 g/mol. The van der Waals surface area contributed by atoms with Crippen LogP contribution in [-0.4, -0.2) is 6.04 Å². The van der Waals surface area contributed by atoms with Crippen LogP contribution in [0.3, 0.4) is 0 Å². The number of hydrogen-bond donors (Lipinski definition) is 2. The van der Waals surface area contributed by atoms with Crippen molar-refractivity contribution in [3.63, 3.8) is 0 Å². The van der Waals surface area contributed by atoms with E-state index in [0.29, 0.717) is 27.6 Å². The van der Waals surface area contributed by atoms with Crippen LogP contribution in [0.15, 0.2) is 18.2 Å². The van der Waals surface area contributed by atoms with E-state index >= 15 is 0 Å². The largest absolute Gasteiger partial charge is 0.399 e. The van der Waals surface area contributed by atoms with E-state index in [1.165, 1.54) is 0 Å². The molecule has 1 aromatic carbocycles. The van der Waals surface area contributed by atoms with Crippen LogP contribution in [0.5, 0.6) is 0 Å². The molecule has 0 radical (unpaired) electrons. The van der Waals surface area contributed by atoms with E-state index < -0.39 is 0 Å². The molecule has 1 fully saturated rings. The minimum atomic E-state index is 0.303. The van der Waals surface area contributed by atoms with Crippen LogP contribution in [0.4, 0.5) is 11.4 Å². The predicted molar refractivity (Wildman–Crippen MR) is 70.8 cm³/mol. The summed E-state index contributed by atoms with van der Waals surface area (Å²) in [5.41, 5.74) is 7.95. The molecule has 0 unspecified atom stereocenters. The lowest BCUT2D eigenvalue weighted by Gasteiger charge is -2.10. The molecule has 0 bridgehead atoms. The first-order valence-electron chi connectivity index (χ1n) is 5.58. The Morgan fingerprint density at radius 1 is 1.19 bits per heavy atom. The lowest BCUT2D eigenvalue weighted by Crippen LogP contribution is -2.10. The van der Waals surface area contributed by atoms with Crippen LogP contribution in [0.2, 0.25) is 5.02 Å². The van der Waals surface area contributed by atoms with Crippen LogP contribution in [-0.2, 0) is 0 Å². The van der Waals surface area contributed by atoms with E-state index in [2.05, 4.69) is 33.0 Å². The third-order valence-electron chi connectivity index (χ3n) is 4.31. The summed E-state index contributed by atoms with van der Waals surface area (Å²) in [4.78, 5) is 0. The molecular formula is C13H19ClN2. The molecule has 0 amide bonds. The molecule has 1 aliphatic rings. The molecular weight excluding hydrogens is 220 g/mol. The Morgan fingerprint density at radius 3 is 2.19 bits per heavy atom. The molecule has 0 spiro atoms. The maximum atomic E-state index is 6.15. The highest BCUT2D eigenvalue weighted by Gasteiger charge is 2.64. The van der Waals surface area contributed by atoms with E-state index in [4.69, 9.17) is 17.3 Å². The second kappa shape index (κ2) is 3.30. The van der Waals surface area contributed by atoms with Gasteiger partial charge in [0.15, 0.2) is 0 Å². The first-order valence-corrected chi connectivity index (χ1v) is 5.96. The molecule has 3 N–H and O–H groups in total. The van der Waals surface area contributed by atoms with E-state index in [9.17, 15) is 0 Å². The molecule has 3 heteroatoms. The topological polar surface area (TPSA) is 38.0 Å². The quantitative estimate of drug-likeness (QED) is 0.770. The zero-order valence-corrected chi connectivity index (χ0v) is 11.0. The number of rotatable bonds is 2. The third-order valence-corrected chi connectivity index (χ3v) is 4.63. The Hall–Kier alpha value is -0.890. The smallest absolute Gasteiger partial charge is 0.0658 e. The molecule has 1 saturated carbocycles. The first-order chi connectivity index (χ1) is 7.26. The molecule has 0 atom stereocenters. The molecule has 2 nitrogen and oxygen atoms in total. The molecule has 0 aromatic heterocycles. The average Bonchev–Trinajstić information content (AvgIpc) is 2.52. The van der Waals surface area contributed by atoms with Crippen molar-refractivity contribution in [2.45, 2.75) is 33.7 Å². The minimum Gasteiger partial charge on any atom is -0.399 e. The second-order valence-corrected chi connectivity index (χ2v) is 6.17. The third kappa shape index (κ3) is 1.56. The second-order valence-electron chi connectivity index (χ2n) is 5.76. The highest BCUT2D eigenvalue weighted by atomic mass is 35.5. The molecule has 88 valence electrons. The summed E-state index contributed by atoms with van der Waals surface area (Å²) in [6.07, 6.45) is 0. The van der Waals surface area contributed by atoms with Crippen molar-refractivity contribution in [2.24, 2.45) is 10.8 Å². The van der Waals surface area contributed by atoms with Gasteiger partial charge in [-0.1, -0.05) is 39.3 Å². The van der Waals surface area contributed by atoms with Crippen molar-refractivity contribution >= 4 is 23.0 Å². The van der Waals surface area contributed by atoms with Gasteiger partial charge in [0, 0.05) is 11.7 Å². The van der Waals surface area contributed by atoms with Crippen molar-refractivity contribution in [2.75, 3.05) is 11.1 Å². The van der Waals surface area contributed by atoms with Crippen molar-refractivity contribution in [3.05, 3.63) is 23.2 Å². The summed E-state index contributed by atoms with van der Waals surface area (Å²) in [6, 6.07) is 6.06. The zero-order valence-electron chi connectivity index (χ0n) is 10.3. The van der Waals surface area contributed by atoms with Gasteiger partial charge in [0.2, 0.25) is 0 Å². The fourth-order valence-corrected chi connectivity index (χ4v) is 2.60. The van der Waals surface area contributed by atoms with Crippen molar-refractivity contribution in [1.29, 1.82) is 0 Å². The lowest BCUT2D eigenvalue weighted by molar-refractivity contribution is 0.457. The molecule has 0 heterocycles. The van der Waals surface area contributed by atoms with Crippen molar-refractivity contribution in [1.82, 2.24) is 0 Å². The highest BCUT2D eigenvalue weighted by Crippen LogP contribution is 2.63. The Morgan fingerprint density at radius 2 is 1.75 bits per heavy atom. The van der Waals surface area contributed by atoms with E-state index in [1.54, 1.807) is 6.07 Å². The van der Waals surface area contributed by atoms with E-state index in [1.807, 2.05) is 12.1 Å². The van der Waals surface area contributed by atoms with Crippen molar-refractivity contribution in [3.8, 4) is 0 Å². The number of anilines is 2. The van der Waals surface area contributed by atoms with Gasteiger partial charge in [-0.2, -0.15) is 0 Å². The van der Waals surface area contributed by atoms with Crippen LogP contribution in [0.25, 0.3) is 0 Å². The first kappa shape index (κ1) is 11.6. The van der Waals surface area contributed by atoms with Gasteiger partial charge in [0.25, 0.3) is 0 Å². The van der Waals surface area contributed by atoms with Crippen LogP contribution in [0, 0.1) is 10.8 Å². The number of halogens is 1. The number of nitrogen functional groups attached to an aromatic ring is 1. The van der Waals surface area contributed by atoms with Gasteiger partial charge < -0.3 is 11.1 Å². The fraction of sp³-hybridized carbons (Fsp3) is 0.538. The maximum absolute atomic E-state index is 6.15. The summed E-state index contributed by atoms with van der Waals surface area (Å²) < 4.78 is 0. The summed E-state index contributed by atoms with van der Waals surface area (Å²) in [5.74, 6) is 0. The lowest BCUT2D eigenvalue weighted by atomic mass is 10.0. The SMILES string of the molecule is CC1(C)C(Nc2ccc(N)cc2Cl)C1(C)C. The molecule has 16 heavy (non-hydrogen) atoms. The number of nitrogens with one attached hydrogen (secondary N) is 1. The van der Waals surface area contributed by atoms with Gasteiger partial charge in [0.05, 0.1) is 10.7 Å². The Labute approximate surface area is 102 Å². The van der Waals surface area contributed by atoms with Crippen LogP contribution >= 0.6 is 11.6 Å². The summed E-state index contributed by atoms with van der Waals surface area (Å²) in [5, 5.41) is 4.20. The van der Waals surface area contributed by atoms with Gasteiger partial charge in [-0.3, -0.25) is 0 Å². The highest BCUT2D eigenvalue weighted by molar-refractivity contribution is 6.33. The maximum Gasteiger partial charge on any atom is 0.0658 e. The van der Waals surface area contributed by atoms with Gasteiger partial charge >= 0.3 is 0 Å². The summed E-state index contributed by atoms with van der Waals surface area (Å²) >= 11 is 6.15. The molecule has 0 aliphatic heterocycles. The van der Waals surface area contributed by atoms with Gasteiger partial charge in [0.1, 0.15) is 0 Å². The number of hydrogen-bond acceptors (Lipinski definition) is 2.